The number of carbonyl (C=O) groups is 3. The number of amides is 4. The number of aryl methyl sites for hydroxylation is 1. The second-order valence-electron chi connectivity index (χ2n) is 6.96. The zero-order chi connectivity index (χ0) is 17.4. The van der Waals surface area contributed by atoms with E-state index in [0.717, 1.165) is 32.2 Å². The van der Waals surface area contributed by atoms with Crippen molar-refractivity contribution in [2.45, 2.75) is 57.0 Å². The molecule has 9 heteroatoms. The maximum Gasteiger partial charge on any atom is 0.325 e. The van der Waals surface area contributed by atoms with E-state index in [-0.39, 0.29) is 30.8 Å². The number of rotatable bonds is 3. The second-order valence-corrected chi connectivity index (χ2v) is 6.96. The van der Waals surface area contributed by atoms with Crippen molar-refractivity contribution in [1.82, 2.24) is 25.0 Å². The number of carbonyl (C=O) groups excluding carboxylic acids is 3. The summed E-state index contributed by atoms with van der Waals surface area (Å²) in [6.45, 7) is 1.44. The Morgan fingerprint density at radius 1 is 1.16 bits per heavy atom. The van der Waals surface area contributed by atoms with Crippen LogP contribution < -0.4 is 10.2 Å². The molecule has 2 aliphatic heterocycles. The molecule has 0 aromatic carbocycles. The van der Waals surface area contributed by atoms with Crippen molar-refractivity contribution in [2.24, 2.45) is 0 Å². The number of urea groups is 1. The van der Waals surface area contributed by atoms with Crippen LogP contribution in [0.3, 0.4) is 0 Å². The van der Waals surface area contributed by atoms with Gasteiger partial charge in [-0.3, -0.25) is 19.4 Å². The standard InChI is InChI=1S/C16H22N6O3/c23-12(20-8-4-9-22-14(20)17-11-18-22)5-10-21-13(24)16(19-15(21)25)6-2-1-3-7-16/h11H,1-10H2,(H,19,25). The Kier molecular flexibility index (Phi) is 3.93. The average molecular weight is 346 g/mol. The maximum atomic E-state index is 12.7. The molecule has 2 fully saturated rings. The van der Waals surface area contributed by atoms with E-state index in [0.29, 0.717) is 25.3 Å². The first-order valence-electron chi connectivity index (χ1n) is 8.93. The molecule has 1 N–H and O–H groups in total. The third-order valence-electron chi connectivity index (χ3n) is 5.39. The lowest BCUT2D eigenvalue weighted by Gasteiger charge is -2.30. The van der Waals surface area contributed by atoms with E-state index in [1.807, 2.05) is 0 Å². The highest BCUT2D eigenvalue weighted by atomic mass is 16.2. The third-order valence-corrected chi connectivity index (χ3v) is 5.39. The van der Waals surface area contributed by atoms with Crippen molar-refractivity contribution < 1.29 is 14.4 Å². The molecule has 3 heterocycles. The van der Waals surface area contributed by atoms with Crippen LogP contribution in [0.4, 0.5) is 10.7 Å². The van der Waals surface area contributed by atoms with Gasteiger partial charge in [-0.25, -0.2) is 9.48 Å². The molecular weight excluding hydrogens is 324 g/mol. The molecule has 0 atom stereocenters. The van der Waals surface area contributed by atoms with E-state index in [9.17, 15) is 14.4 Å². The normalized spacial score (nSPS) is 22.2. The Balaban J connectivity index is 1.41. The summed E-state index contributed by atoms with van der Waals surface area (Å²) in [6, 6.07) is -0.374. The molecule has 4 rings (SSSR count). The minimum absolute atomic E-state index is 0.0993. The maximum absolute atomic E-state index is 12.7. The molecule has 1 saturated heterocycles. The van der Waals surface area contributed by atoms with Crippen molar-refractivity contribution in [3.63, 3.8) is 0 Å². The Labute approximate surface area is 145 Å². The van der Waals surface area contributed by atoms with Crippen LogP contribution >= 0.6 is 0 Å². The summed E-state index contributed by atoms with van der Waals surface area (Å²) in [5.41, 5.74) is -0.732. The monoisotopic (exact) mass is 346 g/mol. The molecule has 0 unspecified atom stereocenters. The second kappa shape index (κ2) is 6.12. The lowest BCUT2D eigenvalue weighted by atomic mass is 9.82. The van der Waals surface area contributed by atoms with Crippen LogP contribution in [-0.4, -0.2) is 56.1 Å². The van der Waals surface area contributed by atoms with Crippen molar-refractivity contribution >= 4 is 23.8 Å². The van der Waals surface area contributed by atoms with E-state index in [2.05, 4.69) is 15.4 Å². The van der Waals surface area contributed by atoms with Gasteiger partial charge in [-0.1, -0.05) is 19.3 Å². The summed E-state index contributed by atoms with van der Waals surface area (Å²) in [4.78, 5) is 44.5. The van der Waals surface area contributed by atoms with Gasteiger partial charge >= 0.3 is 6.03 Å². The summed E-state index contributed by atoms with van der Waals surface area (Å²) in [5, 5.41) is 6.96. The molecule has 3 aliphatic rings. The van der Waals surface area contributed by atoms with E-state index in [1.54, 1.807) is 9.58 Å². The largest absolute Gasteiger partial charge is 0.325 e. The van der Waals surface area contributed by atoms with E-state index in [4.69, 9.17) is 0 Å². The van der Waals surface area contributed by atoms with Gasteiger partial charge in [0.05, 0.1) is 0 Å². The molecule has 1 spiro atoms. The van der Waals surface area contributed by atoms with Crippen LogP contribution in [-0.2, 0) is 16.1 Å². The van der Waals surface area contributed by atoms with Crippen LogP contribution in [0.2, 0.25) is 0 Å². The van der Waals surface area contributed by atoms with Crippen LogP contribution in [0.15, 0.2) is 6.33 Å². The summed E-state index contributed by atoms with van der Waals surface area (Å²) in [7, 11) is 0. The number of aromatic nitrogens is 3. The Bertz CT molecular complexity index is 708. The van der Waals surface area contributed by atoms with Gasteiger partial charge in [0.25, 0.3) is 5.91 Å². The zero-order valence-electron chi connectivity index (χ0n) is 14.1. The van der Waals surface area contributed by atoms with Gasteiger partial charge in [0, 0.05) is 26.1 Å². The van der Waals surface area contributed by atoms with Gasteiger partial charge in [0.15, 0.2) is 0 Å². The smallest absolute Gasteiger partial charge is 0.323 e. The fourth-order valence-corrected chi connectivity index (χ4v) is 4.06. The van der Waals surface area contributed by atoms with Gasteiger partial charge in [0.1, 0.15) is 11.9 Å². The number of nitrogens with zero attached hydrogens (tertiary/aromatic N) is 5. The van der Waals surface area contributed by atoms with Crippen LogP contribution in [0.5, 0.6) is 0 Å². The predicted octanol–water partition coefficient (Wildman–Crippen LogP) is 0.660. The minimum Gasteiger partial charge on any atom is -0.323 e. The summed E-state index contributed by atoms with van der Waals surface area (Å²) >= 11 is 0. The fraction of sp³-hybridized carbons (Fsp3) is 0.688. The number of nitrogens with one attached hydrogen (secondary N) is 1. The number of hydrogen-bond acceptors (Lipinski definition) is 5. The molecule has 9 nitrogen and oxygen atoms in total. The van der Waals surface area contributed by atoms with Crippen LogP contribution in [0.25, 0.3) is 0 Å². The van der Waals surface area contributed by atoms with E-state index < -0.39 is 5.54 Å². The Morgan fingerprint density at radius 2 is 1.96 bits per heavy atom. The minimum atomic E-state index is -0.732. The van der Waals surface area contributed by atoms with Gasteiger partial charge in [0.2, 0.25) is 11.9 Å². The number of fused-ring (bicyclic) bond motifs is 1. The molecule has 4 amide bonds. The molecule has 134 valence electrons. The number of imide groups is 1. The van der Waals surface area contributed by atoms with Crippen molar-refractivity contribution in [2.75, 3.05) is 18.0 Å². The van der Waals surface area contributed by atoms with Crippen LogP contribution in [0, 0.1) is 0 Å². The molecular formula is C16H22N6O3. The van der Waals surface area contributed by atoms with Gasteiger partial charge < -0.3 is 5.32 Å². The van der Waals surface area contributed by atoms with Crippen molar-refractivity contribution in [3.05, 3.63) is 6.33 Å². The van der Waals surface area contributed by atoms with Gasteiger partial charge in [-0.2, -0.15) is 10.1 Å². The summed E-state index contributed by atoms with van der Waals surface area (Å²) in [6.07, 6.45) is 6.72. The number of anilines is 1. The highest BCUT2D eigenvalue weighted by molar-refractivity contribution is 6.07. The van der Waals surface area contributed by atoms with Crippen molar-refractivity contribution in [1.29, 1.82) is 0 Å². The first-order chi connectivity index (χ1) is 12.1. The molecule has 0 radical (unpaired) electrons. The molecule has 0 bridgehead atoms. The summed E-state index contributed by atoms with van der Waals surface area (Å²) in [5.74, 6) is 0.225. The zero-order valence-corrected chi connectivity index (χ0v) is 14.1. The van der Waals surface area contributed by atoms with Crippen LogP contribution in [0.1, 0.15) is 44.9 Å². The number of hydrogen-bond donors (Lipinski definition) is 1. The molecule has 1 aromatic rings. The summed E-state index contributed by atoms with van der Waals surface area (Å²) < 4.78 is 1.70. The Morgan fingerprint density at radius 3 is 2.76 bits per heavy atom. The molecule has 1 aromatic heterocycles. The first kappa shape index (κ1) is 16.0. The van der Waals surface area contributed by atoms with Gasteiger partial charge in [-0.15, -0.1) is 0 Å². The lowest BCUT2D eigenvalue weighted by molar-refractivity contribution is -0.132. The Hall–Kier alpha value is -2.45. The van der Waals surface area contributed by atoms with E-state index in [1.165, 1.54) is 11.2 Å². The highest BCUT2D eigenvalue weighted by Gasteiger charge is 2.51. The quantitative estimate of drug-likeness (QED) is 0.810. The molecule has 1 saturated carbocycles. The van der Waals surface area contributed by atoms with Gasteiger partial charge in [-0.05, 0) is 19.3 Å². The fourth-order valence-electron chi connectivity index (χ4n) is 4.06. The SMILES string of the molecule is O=C1NC2(CCCCC2)C(=O)N1CCC(=O)N1CCCn2ncnc21. The lowest BCUT2D eigenvalue weighted by Crippen LogP contribution is -2.48. The topological polar surface area (TPSA) is 100 Å². The first-order valence-corrected chi connectivity index (χ1v) is 8.93. The van der Waals surface area contributed by atoms with Crippen molar-refractivity contribution in [3.8, 4) is 0 Å². The molecule has 25 heavy (non-hydrogen) atoms. The van der Waals surface area contributed by atoms with E-state index >= 15 is 0 Å². The highest BCUT2D eigenvalue weighted by Crippen LogP contribution is 2.33. The predicted molar refractivity (Wildman–Crippen MR) is 87.7 cm³/mol. The molecule has 1 aliphatic carbocycles. The average Bonchev–Trinajstić information content (AvgIpc) is 3.18. The third kappa shape index (κ3) is 2.67.